The fourth-order valence-electron chi connectivity index (χ4n) is 1.44. The van der Waals surface area contributed by atoms with E-state index in [2.05, 4.69) is 21.2 Å². The van der Waals surface area contributed by atoms with E-state index in [9.17, 15) is 9.18 Å². The molecule has 1 N–H and O–H groups in total. The summed E-state index contributed by atoms with van der Waals surface area (Å²) in [6.45, 7) is 0. The molecule has 0 aliphatic carbocycles. The maximum atomic E-state index is 13.1. The molecule has 0 atom stereocenters. The van der Waals surface area contributed by atoms with E-state index in [1.165, 1.54) is 18.2 Å². The Morgan fingerprint density at radius 1 is 1.22 bits per heavy atom. The molecule has 0 radical (unpaired) electrons. The van der Waals surface area contributed by atoms with Crippen molar-refractivity contribution in [3.8, 4) is 0 Å². The van der Waals surface area contributed by atoms with Crippen molar-refractivity contribution >= 4 is 39.1 Å². The summed E-state index contributed by atoms with van der Waals surface area (Å²) in [5, 5.41) is 3.17. The summed E-state index contributed by atoms with van der Waals surface area (Å²) in [4.78, 5) is 11.9. The number of halogens is 3. The Morgan fingerprint density at radius 3 is 2.72 bits per heavy atom. The molecular formula is C13H8BrClFNO. The van der Waals surface area contributed by atoms with E-state index in [-0.39, 0.29) is 5.56 Å². The van der Waals surface area contributed by atoms with Gasteiger partial charge in [-0.1, -0.05) is 17.7 Å². The molecule has 0 aliphatic rings. The highest BCUT2D eigenvalue weighted by Gasteiger charge is 2.11. The minimum Gasteiger partial charge on any atom is -0.322 e. The average molecular weight is 329 g/mol. The first-order chi connectivity index (χ1) is 8.56. The molecule has 2 nitrogen and oxygen atoms in total. The van der Waals surface area contributed by atoms with Crippen molar-refractivity contribution < 1.29 is 9.18 Å². The van der Waals surface area contributed by atoms with Crippen molar-refractivity contribution in [2.24, 2.45) is 0 Å². The van der Waals surface area contributed by atoms with Gasteiger partial charge in [0.05, 0.1) is 5.56 Å². The highest BCUT2D eigenvalue weighted by atomic mass is 79.9. The first-order valence-electron chi connectivity index (χ1n) is 5.08. The highest BCUT2D eigenvalue weighted by molar-refractivity contribution is 9.10. The third kappa shape index (κ3) is 3.09. The van der Waals surface area contributed by atoms with E-state index in [1.807, 2.05) is 0 Å². The molecule has 0 bridgehead atoms. The van der Waals surface area contributed by atoms with Gasteiger partial charge in [0.1, 0.15) is 5.82 Å². The minimum atomic E-state index is -0.463. The summed E-state index contributed by atoms with van der Waals surface area (Å²) in [6.07, 6.45) is 0. The third-order valence-corrected chi connectivity index (χ3v) is 3.18. The maximum Gasteiger partial charge on any atom is 0.256 e. The van der Waals surface area contributed by atoms with Gasteiger partial charge in [-0.25, -0.2) is 4.39 Å². The van der Waals surface area contributed by atoms with Crippen LogP contribution in [0, 0.1) is 5.82 Å². The van der Waals surface area contributed by atoms with Crippen LogP contribution in [-0.4, -0.2) is 5.91 Å². The van der Waals surface area contributed by atoms with Gasteiger partial charge in [0.2, 0.25) is 0 Å². The molecule has 2 aromatic carbocycles. The minimum absolute atomic E-state index is 0.231. The van der Waals surface area contributed by atoms with E-state index < -0.39 is 11.7 Å². The van der Waals surface area contributed by atoms with Crippen molar-refractivity contribution in [2.75, 3.05) is 5.32 Å². The lowest BCUT2D eigenvalue weighted by molar-refractivity contribution is 0.102. The number of hydrogen-bond donors (Lipinski definition) is 1. The molecule has 0 unspecified atom stereocenters. The van der Waals surface area contributed by atoms with Crippen LogP contribution in [0.2, 0.25) is 5.02 Å². The van der Waals surface area contributed by atoms with Gasteiger partial charge in [0.15, 0.2) is 0 Å². The Morgan fingerprint density at radius 2 is 2.00 bits per heavy atom. The lowest BCUT2D eigenvalue weighted by Gasteiger charge is -2.07. The Balaban J connectivity index is 2.24. The predicted molar refractivity (Wildman–Crippen MR) is 73.5 cm³/mol. The van der Waals surface area contributed by atoms with Crippen LogP contribution in [0.5, 0.6) is 0 Å². The van der Waals surface area contributed by atoms with Gasteiger partial charge in [0.25, 0.3) is 5.91 Å². The summed E-state index contributed by atoms with van der Waals surface area (Å²) < 4.78 is 13.6. The predicted octanol–water partition coefficient (Wildman–Crippen LogP) is 4.49. The molecule has 0 fully saturated rings. The largest absolute Gasteiger partial charge is 0.322 e. The van der Waals surface area contributed by atoms with Crippen LogP contribution in [0.25, 0.3) is 0 Å². The second kappa shape index (κ2) is 5.50. The zero-order chi connectivity index (χ0) is 13.1. The quantitative estimate of drug-likeness (QED) is 0.864. The zero-order valence-corrected chi connectivity index (χ0v) is 11.4. The summed E-state index contributed by atoms with van der Waals surface area (Å²) in [5.41, 5.74) is 0.790. The van der Waals surface area contributed by atoms with E-state index >= 15 is 0 Å². The first-order valence-corrected chi connectivity index (χ1v) is 6.25. The monoisotopic (exact) mass is 327 g/mol. The molecule has 0 aromatic heterocycles. The van der Waals surface area contributed by atoms with Crippen LogP contribution in [-0.2, 0) is 0 Å². The topological polar surface area (TPSA) is 29.1 Å². The zero-order valence-electron chi connectivity index (χ0n) is 9.08. The lowest BCUT2D eigenvalue weighted by Crippen LogP contribution is -2.12. The van der Waals surface area contributed by atoms with Gasteiger partial charge in [-0.2, -0.15) is 0 Å². The fourth-order valence-corrected chi connectivity index (χ4v) is 2.05. The fraction of sp³-hybridized carbons (Fsp3) is 0. The van der Waals surface area contributed by atoms with E-state index in [0.29, 0.717) is 15.2 Å². The molecule has 18 heavy (non-hydrogen) atoms. The van der Waals surface area contributed by atoms with Gasteiger partial charge in [-0.05, 0) is 52.3 Å². The highest BCUT2D eigenvalue weighted by Crippen LogP contribution is 2.20. The Hall–Kier alpha value is -1.39. The number of carbonyl (C=O) groups excluding carboxylic acids is 1. The van der Waals surface area contributed by atoms with E-state index in [4.69, 9.17) is 11.6 Å². The van der Waals surface area contributed by atoms with Crippen LogP contribution in [0.4, 0.5) is 10.1 Å². The van der Waals surface area contributed by atoms with Crippen LogP contribution in [0.3, 0.4) is 0 Å². The number of rotatable bonds is 2. The Kier molecular flexibility index (Phi) is 3.99. The summed E-state index contributed by atoms with van der Waals surface area (Å²) in [5.74, 6) is -0.863. The van der Waals surface area contributed by atoms with E-state index in [0.717, 1.165) is 0 Å². The summed E-state index contributed by atoms with van der Waals surface area (Å²) in [6, 6.07) is 10.7. The second-order valence-electron chi connectivity index (χ2n) is 3.59. The number of nitrogens with one attached hydrogen (secondary N) is 1. The van der Waals surface area contributed by atoms with Crippen molar-refractivity contribution in [3.63, 3.8) is 0 Å². The summed E-state index contributed by atoms with van der Waals surface area (Å²) in [7, 11) is 0. The van der Waals surface area contributed by atoms with Crippen LogP contribution >= 0.6 is 27.5 Å². The second-order valence-corrected chi connectivity index (χ2v) is 4.88. The average Bonchev–Trinajstić information content (AvgIpc) is 2.32. The number of amides is 1. The molecular weight excluding hydrogens is 321 g/mol. The van der Waals surface area contributed by atoms with Crippen LogP contribution < -0.4 is 5.32 Å². The van der Waals surface area contributed by atoms with Crippen molar-refractivity contribution in [2.45, 2.75) is 0 Å². The lowest BCUT2D eigenvalue weighted by atomic mass is 10.2. The van der Waals surface area contributed by atoms with Gasteiger partial charge >= 0.3 is 0 Å². The maximum absolute atomic E-state index is 13.1. The Labute approximate surface area is 117 Å². The SMILES string of the molecule is O=C(Nc1cccc(Cl)c1)c1cc(F)ccc1Br. The molecule has 2 aromatic rings. The van der Waals surface area contributed by atoms with Crippen molar-refractivity contribution in [1.29, 1.82) is 0 Å². The number of carbonyl (C=O) groups is 1. The molecule has 0 heterocycles. The molecule has 2 rings (SSSR count). The van der Waals surface area contributed by atoms with Crippen LogP contribution in [0.15, 0.2) is 46.9 Å². The van der Waals surface area contributed by atoms with E-state index in [1.54, 1.807) is 24.3 Å². The Bertz CT molecular complexity index is 603. The first kappa shape index (κ1) is 13.1. The number of anilines is 1. The standard InChI is InChI=1S/C13H8BrClFNO/c14-12-5-4-9(16)7-11(12)13(18)17-10-3-1-2-8(15)6-10/h1-7H,(H,17,18). The molecule has 0 spiro atoms. The van der Waals surface area contributed by atoms with Gasteiger partial charge < -0.3 is 5.32 Å². The molecule has 0 saturated carbocycles. The summed E-state index contributed by atoms with van der Waals surface area (Å²) >= 11 is 9.02. The number of hydrogen-bond acceptors (Lipinski definition) is 1. The number of benzene rings is 2. The van der Waals surface area contributed by atoms with Crippen molar-refractivity contribution in [3.05, 3.63) is 63.3 Å². The van der Waals surface area contributed by atoms with Crippen LogP contribution in [0.1, 0.15) is 10.4 Å². The van der Waals surface area contributed by atoms with Gasteiger partial charge in [-0.3, -0.25) is 4.79 Å². The molecule has 92 valence electrons. The molecule has 0 aliphatic heterocycles. The van der Waals surface area contributed by atoms with Gasteiger partial charge in [0, 0.05) is 15.2 Å². The molecule has 0 saturated heterocycles. The molecule has 1 amide bonds. The van der Waals surface area contributed by atoms with Crippen molar-refractivity contribution in [1.82, 2.24) is 0 Å². The third-order valence-electron chi connectivity index (χ3n) is 2.26. The van der Waals surface area contributed by atoms with Gasteiger partial charge in [-0.15, -0.1) is 0 Å². The molecule has 5 heteroatoms. The normalized spacial score (nSPS) is 10.2. The smallest absolute Gasteiger partial charge is 0.256 e.